The summed E-state index contributed by atoms with van der Waals surface area (Å²) in [5.41, 5.74) is 8.54. The molecular formula is C23H16ClF3N8O2. The number of halogens is 4. The van der Waals surface area contributed by atoms with Crippen LogP contribution in [0.25, 0.3) is 16.6 Å². The van der Waals surface area contributed by atoms with Crippen LogP contribution < -0.4 is 22.3 Å². The maximum Gasteiger partial charge on any atom is 0.281 e. The van der Waals surface area contributed by atoms with E-state index in [9.17, 15) is 28.0 Å². The van der Waals surface area contributed by atoms with Crippen LogP contribution in [0.2, 0.25) is 5.02 Å². The predicted molar refractivity (Wildman–Crippen MR) is 129 cm³/mol. The molecule has 37 heavy (non-hydrogen) atoms. The van der Waals surface area contributed by atoms with E-state index in [4.69, 9.17) is 23.1 Å². The number of anilines is 2. The molecule has 188 valence electrons. The number of carbonyl (C=O) groups excluding carboxylic acids is 1. The van der Waals surface area contributed by atoms with Gasteiger partial charge in [-0.25, -0.2) is 23.1 Å². The molecule has 0 spiro atoms. The van der Waals surface area contributed by atoms with Gasteiger partial charge in [-0.1, -0.05) is 17.7 Å². The highest BCUT2D eigenvalue weighted by Gasteiger charge is 2.25. The van der Waals surface area contributed by atoms with Gasteiger partial charge in [-0.15, -0.1) is 0 Å². The zero-order valence-corrected chi connectivity index (χ0v) is 19.6. The Bertz CT molecular complexity index is 1670. The molecule has 0 saturated heterocycles. The van der Waals surface area contributed by atoms with Crippen molar-refractivity contribution in [3.05, 3.63) is 80.2 Å². The molecule has 4 aromatic rings. The molecule has 2 aromatic carbocycles. The van der Waals surface area contributed by atoms with Crippen molar-refractivity contribution in [1.82, 2.24) is 19.5 Å². The Morgan fingerprint density at radius 3 is 2.59 bits per heavy atom. The van der Waals surface area contributed by atoms with Crippen LogP contribution >= 0.6 is 11.6 Å². The largest absolute Gasteiger partial charge is 0.368 e. The quantitative estimate of drug-likeness (QED) is 0.341. The molecule has 0 saturated carbocycles. The normalized spacial score (nSPS) is 11.9. The number of nitrogens with two attached hydrogens (primary N) is 2. The average Bonchev–Trinajstić information content (AvgIpc) is 2.85. The topological polar surface area (TPSA) is 166 Å². The Balaban J connectivity index is 1.99. The number of hydrogen-bond acceptors (Lipinski definition) is 8. The Kier molecular flexibility index (Phi) is 6.69. The second-order valence-corrected chi connectivity index (χ2v) is 8.15. The van der Waals surface area contributed by atoms with Crippen molar-refractivity contribution in [1.29, 1.82) is 5.26 Å². The molecule has 10 nitrogen and oxygen atoms in total. The highest BCUT2D eigenvalue weighted by atomic mass is 35.5. The molecule has 14 heteroatoms. The molecule has 0 fully saturated rings. The van der Waals surface area contributed by atoms with Crippen LogP contribution in [-0.2, 0) is 0 Å². The zero-order valence-electron chi connectivity index (χ0n) is 18.8. The number of benzene rings is 2. The first-order valence-corrected chi connectivity index (χ1v) is 10.8. The Morgan fingerprint density at radius 2 is 1.95 bits per heavy atom. The van der Waals surface area contributed by atoms with Gasteiger partial charge < -0.3 is 16.8 Å². The van der Waals surface area contributed by atoms with E-state index in [-0.39, 0.29) is 38.8 Å². The SMILES string of the molecule is CC(Nc1nc(N)nc(C(F)F)c1C#N)c1nc2c(F)ccc(Cl)c2c(=O)n1-c1cccc(C(N)=O)c1. The van der Waals surface area contributed by atoms with Crippen LogP contribution in [0.5, 0.6) is 0 Å². The molecule has 0 aliphatic heterocycles. The van der Waals surface area contributed by atoms with E-state index in [1.54, 1.807) is 6.07 Å². The monoisotopic (exact) mass is 528 g/mol. The molecule has 0 aliphatic carbocycles. The lowest BCUT2D eigenvalue weighted by molar-refractivity contribution is 0.1000. The summed E-state index contributed by atoms with van der Waals surface area (Å²) in [6.45, 7) is 1.46. The molecule has 1 unspecified atom stereocenters. The summed E-state index contributed by atoms with van der Waals surface area (Å²) < 4.78 is 42.7. The highest BCUT2D eigenvalue weighted by molar-refractivity contribution is 6.35. The van der Waals surface area contributed by atoms with Gasteiger partial charge in [-0.3, -0.25) is 14.2 Å². The minimum atomic E-state index is -3.12. The third-order valence-electron chi connectivity index (χ3n) is 5.35. The summed E-state index contributed by atoms with van der Waals surface area (Å²) >= 11 is 6.19. The lowest BCUT2D eigenvalue weighted by Crippen LogP contribution is -2.28. The van der Waals surface area contributed by atoms with E-state index in [0.717, 1.165) is 10.6 Å². The van der Waals surface area contributed by atoms with E-state index >= 15 is 0 Å². The molecule has 4 rings (SSSR count). The van der Waals surface area contributed by atoms with Crippen LogP contribution in [0, 0.1) is 17.1 Å². The highest BCUT2D eigenvalue weighted by Crippen LogP contribution is 2.30. The number of nitriles is 1. The smallest absolute Gasteiger partial charge is 0.281 e. The molecule has 1 amide bonds. The number of primary amides is 1. The molecular weight excluding hydrogens is 513 g/mol. The first-order valence-electron chi connectivity index (χ1n) is 10.5. The zero-order chi connectivity index (χ0) is 27.0. The number of rotatable bonds is 6. The molecule has 2 aromatic heterocycles. The van der Waals surface area contributed by atoms with Gasteiger partial charge in [0.15, 0.2) is 5.82 Å². The van der Waals surface area contributed by atoms with Gasteiger partial charge in [0.1, 0.15) is 34.5 Å². The van der Waals surface area contributed by atoms with Crippen LogP contribution in [-0.4, -0.2) is 25.4 Å². The van der Waals surface area contributed by atoms with Gasteiger partial charge in [0.25, 0.3) is 12.0 Å². The third kappa shape index (κ3) is 4.62. The molecule has 0 radical (unpaired) electrons. The fourth-order valence-electron chi connectivity index (χ4n) is 3.71. The number of hydrogen-bond donors (Lipinski definition) is 3. The van der Waals surface area contributed by atoms with Crippen molar-refractivity contribution in [3.63, 3.8) is 0 Å². The fourth-order valence-corrected chi connectivity index (χ4v) is 3.94. The van der Waals surface area contributed by atoms with E-state index < -0.39 is 47.0 Å². The van der Waals surface area contributed by atoms with Crippen LogP contribution in [0.4, 0.5) is 24.9 Å². The summed E-state index contributed by atoms with van der Waals surface area (Å²) in [5, 5.41) is 11.9. The molecule has 2 heterocycles. The van der Waals surface area contributed by atoms with E-state index in [0.29, 0.717) is 0 Å². The average molecular weight is 529 g/mol. The fraction of sp³-hybridized carbons (Fsp3) is 0.130. The Morgan fingerprint density at radius 1 is 1.22 bits per heavy atom. The second kappa shape index (κ2) is 9.75. The number of alkyl halides is 2. The van der Waals surface area contributed by atoms with Gasteiger partial charge in [0.2, 0.25) is 11.9 Å². The van der Waals surface area contributed by atoms with Crippen molar-refractivity contribution in [3.8, 4) is 11.8 Å². The van der Waals surface area contributed by atoms with Gasteiger partial charge in [0.05, 0.1) is 22.1 Å². The number of nitrogens with one attached hydrogen (secondary N) is 1. The summed E-state index contributed by atoms with van der Waals surface area (Å²) in [6.07, 6.45) is -3.12. The predicted octanol–water partition coefficient (Wildman–Crippen LogP) is 3.63. The summed E-state index contributed by atoms with van der Waals surface area (Å²) in [5.74, 6) is -2.61. The van der Waals surface area contributed by atoms with Gasteiger partial charge in [-0.2, -0.15) is 10.2 Å². The van der Waals surface area contributed by atoms with Crippen molar-refractivity contribution in [2.24, 2.45) is 5.73 Å². The van der Waals surface area contributed by atoms with Crippen molar-refractivity contribution >= 4 is 40.2 Å². The number of carbonyl (C=O) groups is 1. The molecule has 0 aliphatic rings. The molecule has 1 atom stereocenters. The first-order chi connectivity index (χ1) is 17.5. The van der Waals surface area contributed by atoms with Crippen molar-refractivity contribution in [2.75, 3.05) is 11.1 Å². The second-order valence-electron chi connectivity index (χ2n) is 7.75. The number of aromatic nitrogens is 4. The van der Waals surface area contributed by atoms with E-state index in [1.807, 2.05) is 0 Å². The Labute approximate surface area is 211 Å². The number of fused-ring (bicyclic) bond motifs is 1. The van der Waals surface area contributed by atoms with Crippen molar-refractivity contribution < 1.29 is 18.0 Å². The third-order valence-corrected chi connectivity index (χ3v) is 5.67. The maximum atomic E-state index is 14.7. The van der Waals surface area contributed by atoms with E-state index in [2.05, 4.69) is 20.3 Å². The molecule has 5 N–H and O–H groups in total. The number of amides is 1. The van der Waals surface area contributed by atoms with Gasteiger partial charge in [0, 0.05) is 5.56 Å². The summed E-state index contributed by atoms with van der Waals surface area (Å²) in [6, 6.07) is 8.47. The number of nitrogen functional groups attached to an aromatic ring is 1. The van der Waals surface area contributed by atoms with Crippen LogP contribution in [0.3, 0.4) is 0 Å². The lowest BCUT2D eigenvalue weighted by Gasteiger charge is -2.21. The number of nitrogens with zero attached hydrogens (tertiary/aromatic N) is 5. The lowest BCUT2D eigenvalue weighted by atomic mass is 10.1. The van der Waals surface area contributed by atoms with E-state index in [1.165, 1.54) is 37.3 Å². The van der Waals surface area contributed by atoms with Gasteiger partial charge >= 0.3 is 0 Å². The van der Waals surface area contributed by atoms with Crippen molar-refractivity contribution in [2.45, 2.75) is 19.4 Å². The minimum Gasteiger partial charge on any atom is -0.368 e. The van der Waals surface area contributed by atoms with Crippen LogP contribution in [0.1, 0.15) is 46.8 Å². The van der Waals surface area contributed by atoms with Crippen LogP contribution in [0.15, 0.2) is 41.2 Å². The molecule has 0 bridgehead atoms. The maximum absolute atomic E-state index is 14.7. The first kappa shape index (κ1) is 25.4. The summed E-state index contributed by atoms with van der Waals surface area (Å²) in [7, 11) is 0. The summed E-state index contributed by atoms with van der Waals surface area (Å²) in [4.78, 5) is 36.9. The van der Waals surface area contributed by atoms with Gasteiger partial charge in [-0.05, 0) is 37.3 Å². The standard InChI is InChI=1S/C23H16ClF3N8O2/c1-9(31-20-12(8-28)16(18(26)27)33-23(30)34-20)21-32-17-14(25)6-5-13(24)15(17)22(37)35(21)11-4-2-3-10(7-11)19(29)36/h2-7,9,18H,1H3,(H2,29,36)(H3,30,31,33,34). The Hall–Kier alpha value is -4.70. The minimum absolute atomic E-state index is 0.0679.